The summed E-state index contributed by atoms with van der Waals surface area (Å²) in [6.07, 6.45) is 7.96. The van der Waals surface area contributed by atoms with Crippen molar-refractivity contribution in [2.45, 2.75) is 51.0 Å². The molecule has 0 aliphatic heterocycles. The van der Waals surface area contributed by atoms with Gasteiger partial charge in [-0.15, -0.1) is 0 Å². The highest BCUT2D eigenvalue weighted by molar-refractivity contribution is 5.91. The fourth-order valence-corrected chi connectivity index (χ4v) is 2.80. The van der Waals surface area contributed by atoms with E-state index in [0.717, 1.165) is 25.7 Å². The van der Waals surface area contributed by atoms with Crippen molar-refractivity contribution in [1.82, 2.24) is 5.32 Å². The molecule has 1 saturated carbocycles. The second-order valence-electron chi connectivity index (χ2n) is 5.88. The van der Waals surface area contributed by atoms with Gasteiger partial charge in [-0.1, -0.05) is 38.2 Å². The molecule has 0 bridgehead atoms. The van der Waals surface area contributed by atoms with E-state index in [2.05, 4.69) is 5.32 Å². The quantitative estimate of drug-likeness (QED) is 0.867. The molecule has 0 aromatic heterocycles. The predicted octanol–water partition coefficient (Wildman–Crippen LogP) is 2.94. The van der Waals surface area contributed by atoms with E-state index in [4.69, 9.17) is 10.00 Å². The highest BCUT2D eigenvalue weighted by Gasteiger charge is 2.16. The average molecular weight is 314 g/mol. The van der Waals surface area contributed by atoms with Crippen LogP contribution >= 0.6 is 0 Å². The van der Waals surface area contributed by atoms with Crippen molar-refractivity contribution in [3.8, 4) is 6.07 Å². The number of esters is 1. The summed E-state index contributed by atoms with van der Waals surface area (Å²) in [5.41, 5.74) is 0.668. The maximum Gasteiger partial charge on any atom is 0.338 e. The summed E-state index contributed by atoms with van der Waals surface area (Å²) in [7, 11) is 0. The van der Waals surface area contributed by atoms with E-state index in [9.17, 15) is 9.59 Å². The third kappa shape index (κ3) is 5.74. The minimum atomic E-state index is -0.588. The molecule has 1 aromatic carbocycles. The standard InChI is InChI=1S/C18H22N2O3/c19-12-14-7-6-8-15(11-14)18(22)23-13-17(21)20-16-9-4-2-1-3-5-10-16/h6-8,11,16H,1-5,9-10,13H2,(H,20,21). The summed E-state index contributed by atoms with van der Waals surface area (Å²) in [6.45, 7) is -0.286. The summed E-state index contributed by atoms with van der Waals surface area (Å²) >= 11 is 0. The summed E-state index contributed by atoms with van der Waals surface area (Å²) in [6, 6.07) is 8.39. The minimum Gasteiger partial charge on any atom is -0.452 e. The van der Waals surface area contributed by atoms with Crippen LogP contribution in [-0.2, 0) is 9.53 Å². The van der Waals surface area contributed by atoms with Gasteiger partial charge in [-0.05, 0) is 31.0 Å². The van der Waals surface area contributed by atoms with Crippen LogP contribution in [0.5, 0.6) is 0 Å². The van der Waals surface area contributed by atoms with Crippen molar-refractivity contribution in [1.29, 1.82) is 5.26 Å². The van der Waals surface area contributed by atoms with Gasteiger partial charge in [0.25, 0.3) is 5.91 Å². The van der Waals surface area contributed by atoms with Gasteiger partial charge in [0.05, 0.1) is 17.2 Å². The lowest BCUT2D eigenvalue weighted by atomic mass is 9.97. The number of nitrogens with one attached hydrogen (secondary N) is 1. The lowest BCUT2D eigenvalue weighted by molar-refractivity contribution is -0.125. The van der Waals surface area contributed by atoms with Crippen molar-refractivity contribution in [3.05, 3.63) is 35.4 Å². The molecule has 5 nitrogen and oxygen atoms in total. The largest absolute Gasteiger partial charge is 0.452 e. The van der Waals surface area contributed by atoms with Gasteiger partial charge in [0.1, 0.15) is 0 Å². The van der Waals surface area contributed by atoms with E-state index in [1.807, 2.05) is 6.07 Å². The number of carbonyl (C=O) groups is 2. The molecule has 0 heterocycles. The Morgan fingerprint density at radius 1 is 1.17 bits per heavy atom. The highest BCUT2D eigenvalue weighted by atomic mass is 16.5. The van der Waals surface area contributed by atoms with Gasteiger partial charge >= 0.3 is 5.97 Å². The predicted molar refractivity (Wildman–Crippen MR) is 85.7 cm³/mol. The first-order valence-corrected chi connectivity index (χ1v) is 8.15. The normalized spacial score (nSPS) is 15.8. The van der Waals surface area contributed by atoms with Gasteiger partial charge in [0, 0.05) is 6.04 Å². The molecule has 1 aromatic rings. The lowest BCUT2D eigenvalue weighted by Gasteiger charge is -2.20. The van der Waals surface area contributed by atoms with Gasteiger partial charge in [-0.3, -0.25) is 4.79 Å². The van der Waals surface area contributed by atoms with Crippen molar-refractivity contribution in [3.63, 3.8) is 0 Å². The topological polar surface area (TPSA) is 79.2 Å². The molecule has 1 amide bonds. The molecule has 0 atom stereocenters. The van der Waals surface area contributed by atoms with Crippen LogP contribution in [0.3, 0.4) is 0 Å². The van der Waals surface area contributed by atoms with Gasteiger partial charge in [-0.2, -0.15) is 5.26 Å². The second kappa shape index (κ2) is 8.94. The monoisotopic (exact) mass is 314 g/mol. The van der Waals surface area contributed by atoms with Crippen LogP contribution in [0.15, 0.2) is 24.3 Å². The van der Waals surface area contributed by atoms with E-state index in [0.29, 0.717) is 5.56 Å². The number of nitrogens with zero attached hydrogens (tertiary/aromatic N) is 1. The first-order chi connectivity index (χ1) is 11.2. The molecule has 0 spiro atoms. The Morgan fingerprint density at radius 3 is 2.57 bits per heavy atom. The SMILES string of the molecule is N#Cc1cccc(C(=O)OCC(=O)NC2CCCCCCC2)c1. The number of nitriles is 1. The average Bonchev–Trinajstić information content (AvgIpc) is 2.55. The Bertz CT molecular complexity index is 584. The summed E-state index contributed by atoms with van der Waals surface area (Å²) in [4.78, 5) is 23.8. The third-order valence-corrected chi connectivity index (χ3v) is 4.03. The molecule has 0 radical (unpaired) electrons. The number of carbonyl (C=O) groups excluding carboxylic acids is 2. The van der Waals surface area contributed by atoms with Crippen LogP contribution < -0.4 is 5.32 Å². The zero-order valence-corrected chi connectivity index (χ0v) is 13.2. The van der Waals surface area contributed by atoms with E-state index >= 15 is 0 Å². The highest BCUT2D eigenvalue weighted by Crippen LogP contribution is 2.17. The smallest absolute Gasteiger partial charge is 0.338 e. The second-order valence-corrected chi connectivity index (χ2v) is 5.88. The van der Waals surface area contributed by atoms with Gasteiger partial charge in [-0.25, -0.2) is 4.79 Å². The van der Waals surface area contributed by atoms with Crippen LogP contribution in [0, 0.1) is 11.3 Å². The Hall–Kier alpha value is -2.35. The van der Waals surface area contributed by atoms with E-state index in [1.54, 1.807) is 18.2 Å². The van der Waals surface area contributed by atoms with Crippen molar-refractivity contribution >= 4 is 11.9 Å². The maximum atomic E-state index is 11.9. The number of ether oxygens (including phenoxy) is 1. The van der Waals surface area contributed by atoms with Crippen LogP contribution in [0.1, 0.15) is 60.9 Å². The fraction of sp³-hybridized carbons (Fsp3) is 0.500. The number of amides is 1. The molecular weight excluding hydrogens is 292 g/mol. The van der Waals surface area contributed by atoms with Crippen molar-refractivity contribution in [2.75, 3.05) is 6.61 Å². The molecule has 2 rings (SSSR count). The van der Waals surface area contributed by atoms with E-state index < -0.39 is 5.97 Å². The third-order valence-electron chi connectivity index (χ3n) is 4.03. The zero-order valence-electron chi connectivity index (χ0n) is 13.2. The molecule has 1 aliphatic rings. The van der Waals surface area contributed by atoms with Gasteiger partial charge in [0.2, 0.25) is 0 Å². The van der Waals surface area contributed by atoms with Crippen molar-refractivity contribution in [2.24, 2.45) is 0 Å². The Morgan fingerprint density at radius 2 is 1.87 bits per heavy atom. The first-order valence-electron chi connectivity index (χ1n) is 8.15. The van der Waals surface area contributed by atoms with Crippen LogP contribution in [0.25, 0.3) is 0 Å². The minimum absolute atomic E-state index is 0.184. The molecule has 1 aliphatic carbocycles. The Kier molecular flexibility index (Phi) is 6.61. The van der Waals surface area contributed by atoms with Gasteiger partial charge < -0.3 is 10.1 Å². The van der Waals surface area contributed by atoms with Crippen LogP contribution in [0.2, 0.25) is 0 Å². The first kappa shape index (κ1) is 17.0. The van der Waals surface area contributed by atoms with E-state index in [-0.39, 0.29) is 24.1 Å². The number of hydrogen-bond donors (Lipinski definition) is 1. The number of rotatable bonds is 4. The number of benzene rings is 1. The molecular formula is C18H22N2O3. The van der Waals surface area contributed by atoms with E-state index in [1.165, 1.54) is 25.3 Å². The van der Waals surface area contributed by atoms with Crippen LogP contribution in [0.4, 0.5) is 0 Å². The summed E-state index contributed by atoms with van der Waals surface area (Å²) < 4.78 is 5.03. The number of hydrogen-bond acceptors (Lipinski definition) is 4. The molecule has 23 heavy (non-hydrogen) atoms. The van der Waals surface area contributed by atoms with Crippen LogP contribution in [-0.4, -0.2) is 24.5 Å². The van der Waals surface area contributed by atoms with Gasteiger partial charge in [0.15, 0.2) is 6.61 Å². The Balaban J connectivity index is 1.78. The molecule has 0 saturated heterocycles. The summed E-state index contributed by atoms with van der Waals surface area (Å²) in [5, 5.41) is 11.8. The molecule has 0 unspecified atom stereocenters. The molecule has 1 fully saturated rings. The Labute approximate surface area is 136 Å². The molecule has 122 valence electrons. The molecule has 5 heteroatoms. The van der Waals surface area contributed by atoms with Crippen molar-refractivity contribution < 1.29 is 14.3 Å². The lowest BCUT2D eigenvalue weighted by Crippen LogP contribution is -2.38. The fourth-order valence-electron chi connectivity index (χ4n) is 2.80. The maximum absolute atomic E-state index is 11.9. The summed E-state index contributed by atoms with van der Waals surface area (Å²) in [5.74, 6) is -0.852. The molecule has 1 N–H and O–H groups in total. The zero-order chi connectivity index (χ0) is 16.5.